The molecule has 0 aliphatic carbocycles. The second-order valence-electron chi connectivity index (χ2n) is 2.00. The van der Waals surface area contributed by atoms with Crippen LogP contribution in [0.1, 0.15) is 0 Å². The van der Waals surface area contributed by atoms with Gasteiger partial charge in [0.05, 0.1) is 6.54 Å². The second kappa shape index (κ2) is 2.69. The van der Waals surface area contributed by atoms with Gasteiger partial charge >= 0.3 is 0 Å². The molecule has 0 aromatic heterocycles. The van der Waals surface area contributed by atoms with Gasteiger partial charge in [-0.15, -0.1) is 5.17 Å². The van der Waals surface area contributed by atoms with Crippen molar-refractivity contribution in [3.8, 4) is 0 Å². The van der Waals surface area contributed by atoms with E-state index in [4.69, 9.17) is 5.21 Å². The Kier molecular flexibility index (Phi) is 1.88. The Morgan fingerprint density at radius 1 is 1.45 bits per heavy atom. The molecule has 0 saturated heterocycles. The van der Waals surface area contributed by atoms with Gasteiger partial charge in [-0.2, -0.15) is 0 Å². The van der Waals surface area contributed by atoms with E-state index in [1.807, 2.05) is 12.2 Å². The SMILES string of the molecule is O.ON1N=NN2CC=CC=C12. The van der Waals surface area contributed by atoms with E-state index < -0.39 is 0 Å². The van der Waals surface area contributed by atoms with E-state index in [1.54, 1.807) is 11.1 Å². The summed E-state index contributed by atoms with van der Waals surface area (Å²) in [6.45, 7) is 0.673. The van der Waals surface area contributed by atoms with Crippen molar-refractivity contribution in [2.75, 3.05) is 6.54 Å². The summed E-state index contributed by atoms with van der Waals surface area (Å²) in [5.74, 6) is 0.600. The maximum atomic E-state index is 8.95. The standard InChI is InChI=1S/C5H6N4O.H2O/c10-9-5-3-1-2-4-8(5)6-7-9;/h1-3,10H,4H2;1H2. The fourth-order valence-corrected chi connectivity index (χ4v) is 0.879. The van der Waals surface area contributed by atoms with Crippen molar-refractivity contribution >= 4 is 0 Å². The van der Waals surface area contributed by atoms with E-state index in [1.165, 1.54) is 0 Å². The Morgan fingerprint density at radius 2 is 2.27 bits per heavy atom. The van der Waals surface area contributed by atoms with Crippen LogP contribution in [0.15, 0.2) is 34.5 Å². The first kappa shape index (κ1) is 7.70. The van der Waals surface area contributed by atoms with Gasteiger partial charge in [-0.1, -0.05) is 12.2 Å². The lowest BCUT2D eigenvalue weighted by molar-refractivity contribution is -0.0591. The van der Waals surface area contributed by atoms with Crippen LogP contribution in [0.2, 0.25) is 0 Å². The van der Waals surface area contributed by atoms with E-state index in [0.29, 0.717) is 12.4 Å². The van der Waals surface area contributed by atoms with Crippen molar-refractivity contribution in [1.29, 1.82) is 0 Å². The first-order chi connectivity index (χ1) is 4.88. The zero-order valence-corrected chi connectivity index (χ0v) is 5.68. The summed E-state index contributed by atoms with van der Waals surface area (Å²) in [7, 11) is 0. The van der Waals surface area contributed by atoms with Crippen molar-refractivity contribution in [3.05, 3.63) is 24.0 Å². The molecule has 2 heterocycles. The van der Waals surface area contributed by atoms with E-state index in [-0.39, 0.29) is 5.48 Å². The highest BCUT2D eigenvalue weighted by Crippen LogP contribution is 2.19. The number of fused-ring (bicyclic) bond motifs is 1. The average molecular weight is 156 g/mol. The Labute approximate surface area is 62.9 Å². The van der Waals surface area contributed by atoms with Gasteiger partial charge in [0.15, 0.2) is 5.82 Å². The molecular formula is C5H8N4O2. The Morgan fingerprint density at radius 3 is 3.00 bits per heavy atom. The fraction of sp³-hybridized carbons (Fsp3) is 0.200. The van der Waals surface area contributed by atoms with E-state index in [2.05, 4.69) is 10.4 Å². The summed E-state index contributed by atoms with van der Waals surface area (Å²) >= 11 is 0. The monoisotopic (exact) mass is 156 g/mol. The highest BCUT2D eigenvalue weighted by Gasteiger charge is 2.21. The molecule has 2 aliphatic rings. The van der Waals surface area contributed by atoms with Gasteiger partial charge < -0.3 is 5.48 Å². The summed E-state index contributed by atoms with van der Waals surface area (Å²) in [4.78, 5) is 0. The van der Waals surface area contributed by atoms with Gasteiger partial charge in [0.2, 0.25) is 0 Å². The molecule has 0 aromatic rings. The quantitative estimate of drug-likeness (QED) is 0.529. The van der Waals surface area contributed by atoms with Gasteiger partial charge in [-0.25, -0.2) is 5.01 Å². The summed E-state index contributed by atoms with van der Waals surface area (Å²) in [5, 5.41) is 18.4. The number of allylic oxidation sites excluding steroid dienone is 2. The molecule has 6 nitrogen and oxygen atoms in total. The molecule has 0 amide bonds. The number of hydrogen-bond donors (Lipinski definition) is 1. The van der Waals surface area contributed by atoms with E-state index >= 15 is 0 Å². The minimum absolute atomic E-state index is 0. The molecule has 0 spiro atoms. The summed E-state index contributed by atoms with van der Waals surface area (Å²) in [6, 6.07) is 0. The van der Waals surface area contributed by atoms with Crippen LogP contribution in [0.3, 0.4) is 0 Å². The van der Waals surface area contributed by atoms with Crippen molar-refractivity contribution in [3.63, 3.8) is 0 Å². The molecule has 2 aliphatic heterocycles. The third-order valence-corrected chi connectivity index (χ3v) is 1.36. The van der Waals surface area contributed by atoms with Crippen molar-refractivity contribution < 1.29 is 10.7 Å². The Hall–Kier alpha value is -1.40. The van der Waals surface area contributed by atoms with Crippen LogP contribution in [0, 0.1) is 0 Å². The number of hydrogen-bond acceptors (Lipinski definition) is 5. The molecule has 11 heavy (non-hydrogen) atoms. The lowest BCUT2D eigenvalue weighted by Gasteiger charge is -2.15. The summed E-state index contributed by atoms with van der Waals surface area (Å²) in [6.07, 6.45) is 5.52. The van der Waals surface area contributed by atoms with Crippen LogP contribution in [-0.2, 0) is 0 Å². The minimum atomic E-state index is 0. The van der Waals surface area contributed by atoms with E-state index in [0.717, 1.165) is 5.17 Å². The minimum Gasteiger partial charge on any atom is -0.412 e. The normalized spacial score (nSPS) is 19.5. The smallest absolute Gasteiger partial charge is 0.179 e. The molecule has 0 radical (unpaired) electrons. The number of nitrogens with zero attached hydrogens (tertiary/aromatic N) is 4. The molecule has 6 heteroatoms. The molecule has 0 atom stereocenters. The summed E-state index contributed by atoms with van der Waals surface area (Å²) in [5.41, 5.74) is 0. The van der Waals surface area contributed by atoms with Gasteiger partial charge in [0.25, 0.3) is 0 Å². The molecule has 0 aromatic carbocycles. The molecule has 0 saturated carbocycles. The molecule has 0 unspecified atom stereocenters. The lowest BCUT2D eigenvalue weighted by Crippen LogP contribution is -2.21. The zero-order valence-electron chi connectivity index (χ0n) is 5.68. The summed E-state index contributed by atoms with van der Waals surface area (Å²) < 4.78 is 0. The molecule has 0 bridgehead atoms. The molecular weight excluding hydrogens is 148 g/mol. The molecule has 0 fully saturated rings. The number of rotatable bonds is 0. The molecule has 2 rings (SSSR count). The third kappa shape index (κ3) is 1.08. The van der Waals surface area contributed by atoms with Crippen molar-refractivity contribution in [2.45, 2.75) is 0 Å². The Bertz CT molecular complexity index is 235. The topological polar surface area (TPSA) is 82.9 Å². The highest BCUT2D eigenvalue weighted by molar-refractivity contribution is 5.15. The molecule has 60 valence electrons. The largest absolute Gasteiger partial charge is 0.412 e. The van der Waals surface area contributed by atoms with Gasteiger partial charge in [-0.3, -0.25) is 5.21 Å². The van der Waals surface area contributed by atoms with Crippen LogP contribution in [0.5, 0.6) is 0 Å². The fourth-order valence-electron chi connectivity index (χ4n) is 0.879. The third-order valence-electron chi connectivity index (χ3n) is 1.36. The maximum Gasteiger partial charge on any atom is 0.179 e. The van der Waals surface area contributed by atoms with Crippen LogP contribution in [0.25, 0.3) is 0 Å². The maximum absolute atomic E-state index is 8.95. The highest BCUT2D eigenvalue weighted by atomic mass is 16.6. The first-order valence-corrected chi connectivity index (χ1v) is 2.93. The Balaban J connectivity index is 0.000000605. The van der Waals surface area contributed by atoms with Crippen LogP contribution in [-0.4, -0.2) is 27.4 Å². The van der Waals surface area contributed by atoms with Gasteiger partial charge in [0.1, 0.15) is 0 Å². The average Bonchev–Trinajstić information content (AvgIpc) is 2.34. The zero-order chi connectivity index (χ0) is 6.97. The second-order valence-corrected chi connectivity index (χ2v) is 2.00. The predicted octanol–water partition coefficient (Wildman–Crippen LogP) is -0.138. The van der Waals surface area contributed by atoms with Crippen molar-refractivity contribution in [2.24, 2.45) is 10.4 Å². The predicted molar refractivity (Wildman–Crippen MR) is 36.0 cm³/mol. The van der Waals surface area contributed by atoms with E-state index in [9.17, 15) is 0 Å². The van der Waals surface area contributed by atoms with Gasteiger partial charge in [0, 0.05) is 0 Å². The first-order valence-electron chi connectivity index (χ1n) is 2.93. The lowest BCUT2D eigenvalue weighted by atomic mass is 10.3. The molecule has 3 N–H and O–H groups in total. The van der Waals surface area contributed by atoms with Crippen LogP contribution >= 0.6 is 0 Å². The number of hydroxylamine groups is 1. The van der Waals surface area contributed by atoms with Crippen LogP contribution in [0.4, 0.5) is 0 Å². The van der Waals surface area contributed by atoms with Gasteiger partial charge in [-0.05, 0) is 16.5 Å². The van der Waals surface area contributed by atoms with Crippen molar-refractivity contribution in [1.82, 2.24) is 10.2 Å². The van der Waals surface area contributed by atoms with Crippen LogP contribution < -0.4 is 0 Å².